The van der Waals surface area contributed by atoms with Gasteiger partial charge in [0.2, 0.25) is 0 Å². The number of hydrogen-bond acceptors (Lipinski definition) is 1. The van der Waals surface area contributed by atoms with Crippen LogP contribution in [0.4, 0.5) is 25.8 Å². The second-order valence-corrected chi connectivity index (χ2v) is 1.76. The molecule has 0 aromatic rings. The van der Waals surface area contributed by atoms with Crippen molar-refractivity contribution in [2.45, 2.75) is 11.4 Å². The summed E-state index contributed by atoms with van der Waals surface area (Å²) in [5.41, 5.74) is 0. The first-order chi connectivity index (χ1) is 3.81. The number of hydrogen-bond donors (Lipinski definition) is 0. The van der Waals surface area contributed by atoms with E-state index in [9.17, 15) is 25.8 Å². The minimum absolute atomic E-state index is 2.02. The molecule has 0 saturated carbocycles. The predicted octanol–water partition coefficient (Wildman–Crippen LogP) is 2.76. The average Bonchev–Trinajstić information content (AvgIpc) is 1.64. The molecule has 0 radical (unpaired) electrons. The molecule has 0 aromatic heterocycles. The quantitative estimate of drug-likeness (QED) is 0.545. The van der Waals surface area contributed by atoms with Crippen molar-refractivity contribution < 1.29 is 25.8 Å². The fraction of sp³-hybridized carbons (Fsp3) is 1.00. The van der Waals surface area contributed by atoms with Gasteiger partial charge in [-0.1, -0.05) is 0 Å². The summed E-state index contributed by atoms with van der Waals surface area (Å²) >= 11 is -2.02. The molecular formula is C2F6S. The van der Waals surface area contributed by atoms with Crippen molar-refractivity contribution in [1.82, 2.24) is 0 Å². The lowest BCUT2D eigenvalue weighted by Gasteiger charge is -2.12. The van der Waals surface area contributed by atoms with Crippen LogP contribution >= 0.6 is 12.1 Å². The molecule has 0 amide bonds. The SMILES string of the molecule is FSC(F)(F)C(F)(F)F. The van der Waals surface area contributed by atoms with Gasteiger partial charge >= 0.3 is 11.4 Å². The molecule has 0 saturated heterocycles. The van der Waals surface area contributed by atoms with Crippen LogP contribution in [0.3, 0.4) is 0 Å². The van der Waals surface area contributed by atoms with Crippen molar-refractivity contribution >= 4 is 12.1 Å². The van der Waals surface area contributed by atoms with E-state index in [0.717, 1.165) is 0 Å². The van der Waals surface area contributed by atoms with E-state index in [2.05, 4.69) is 0 Å². The predicted molar refractivity (Wildman–Crippen MR) is 19.7 cm³/mol. The Bertz CT molecular complexity index is 93.7. The summed E-state index contributed by atoms with van der Waals surface area (Å²) in [5, 5.41) is -5.27. The van der Waals surface area contributed by atoms with Crippen molar-refractivity contribution in [3.8, 4) is 0 Å². The summed E-state index contributed by atoms with van der Waals surface area (Å²) in [4.78, 5) is 0. The number of halogens is 6. The third kappa shape index (κ3) is 1.96. The Hall–Kier alpha value is -0.0700. The molecule has 0 rings (SSSR count). The number of rotatable bonds is 1. The fourth-order valence-electron chi connectivity index (χ4n) is 0.0437. The maximum atomic E-state index is 11.1. The fourth-order valence-corrected chi connectivity index (χ4v) is 0.131. The zero-order chi connectivity index (χ0) is 7.71. The first-order valence-electron chi connectivity index (χ1n) is 1.55. The molecule has 0 aliphatic rings. The van der Waals surface area contributed by atoms with E-state index >= 15 is 0 Å². The Morgan fingerprint density at radius 1 is 0.889 bits per heavy atom. The molecule has 7 heteroatoms. The van der Waals surface area contributed by atoms with Gasteiger partial charge in [0, 0.05) is 0 Å². The van der Waals surface area contributed by atoms with Gasteiger partial charge in [-0.25, -0.2) is 0 Å². The molecule has 0 unspecified atom stereocenters. The molecule has 0 spiro atoms. The zero-order valence-corrected chi connectivity index (χ0v) is 4.49. The maximum Gasteiger partial charge on any atom is 0.466 e. The van der Waals surface area contributed by atoms with Gasteiger partial charge < -0.3 is 0 Å². The van der Waals surface area contributed by atoms with Crippen molar-refractivity contribution in [3.63, 3.8) is 0 Å². The van der Waals surface area contributed by atoms with Gasteiger partial charge in [-0.2, -0.15) is 25.8 Å². The highest BCUT2D eigenvalue weighted by molar-refractivity contribution is 7.95. The summed E-state index contributed by atoms with van der Waals surface area (Å²) < 4.78 is 65.4. The van der Waals surface area contributed by atoms with Crippen LogP contribution in [0.1, 0.15) is 0 Å². The van der Waals surface area contributed by atoms with Gasteiger partial charge in [-0.05, 0) is 0 Å². The van der Waals surface area contributed by atoms with Gasteiger partial charge in [-0.3, -0.25) is 0 Å². The minimum Gasteiger partial charge on any atom is -0.181 e. The average molecular weight is 170 g/mol. The van der Waals surface area contributed by atoms with Crippen molar-refractivity contribution in [1.29, 1.82) is 0 Å². The van der Waals surface area contributed by atoms with E-state index in [4.69, 9.17) is 0 Å². The van der Waals surface area contributed by atoms with E-state index < -0.39 is 23.6 Å². The lowest BCUT2D eigenvalue weighted by molar-refractivity contribution is -0.238. The first kappa shape index (κ1) is 8.93. The molecule has 0 aromatic carbocycles. The van der Waals surface area contributed by atoms with Crippen LogP contribution in [0.25, 0.3) is 0 Å². The smallest absolute Gasteiger partial charge is 0.181 e. The van der Waals surface area contributed by atoms with Crippen LogP contribution in [0.2, 0.25) is 0 Å². The Labute approximate surface area is 50.5 Å². The molecule has 0 aliphatic heterocycles. The normalized spacial score (nSPS) is 14.0. The van der Waals surface area contributed by atoms with Crippen LogP contribution in [-0.4, -0.2) is 11.4 Å². The van der Waals surface area contributed by atoms with Crippen LogP contribution < -0.4 is 0 Å². The van der Waals surface area contributed by atoms with Crippen LogP contribution in [0.5, 0.6) is 0 Å². The Balaban J connectivity index is 4.14. The van der Waals surface area contributed by atoms with E-state index in [0.29, 0.717) is 0 Å². The first-order valence-corrected chi connectivity index (χ1v) is 2.27. The van der Waals surface area contributed by atoms with Gasteiger partial charge in [0.05, 0.1) is 0 Å². The second-order valence-electron chi connectivity index (χ2n) is 1.09. The van der Waals surface area contributed by atoms with Gasteiger partial charge in [-0.15, -0.1) is 0 Å². The Morgan fingerprint density at radius 2 is 1.22 bits per heavy atom. The van der Waals surface area contributed by atoms with E-state index in [-0.39, 0.29) is 0 Å². The molecule has 0 bridgehead atoms. The topological polar surface area (TPSA) is 0 Å². The minimum atomic E-state index is -5.80. The number of alkyl halides is 5. The third-order valence-electron chi connectivity index (χ3n) is 0.427. The van der Waals surface area contributed by atoms with Crippen molar-refractivity contribution in [2.75, 3.05) is 0 Å². The zero-order valence-electron chi connectivity index (χ0n) is 3.68. The van der Waals surface area contributed by atoms with E-state index in [1.165, 1.54) is 0 Å². The molecule has 0 heterocycles. The highest BCUT2D eigenvalue weighted by Crippen LogP contribution is 2.44. The van der Waals surface area contributed by atoms with Crippen LogP contribution in [-0.2, 0) is 0 Å². The van der Waals surface area contributed by atoms with Gasteiger partial charge in [0.15, 0.2) is 0 Å². The lowest BCUT2D eigenvalue weighted by atomic mass is 10.7. The monoisotopic (exact) mass is 170 g/mol. The largest absolute Gasteiger partial charge is 0.466 e. The van der Waals surface area contributed by atoms with Gasteiger partial charge in [0.1, 0.15) is 12.1 Å². The Kier molecular flexibility index (Phi) is 2.26. The summed E-state index contributed by atoms with van der Waals surface area (Å²) in [6.45, 7) is 0. The second kappa shape index (κ2) is 2.28. The van der Waals surface area contributed by atoms with Crippen LogP contribution in [0, 0.1) is 0 Å². The highest BCUT2D eigenvalue weighted by atomic mass is 32.2. The van der Waals surface area contributed by atoms with Crippen LogP contribution in [0.15, 0.2) is 0 Å². The Morgan fingerprint density at radius 3 is 1.22 bits per heavy atom. The maximum absolute atomic E-state index is 11.1. The molecule has 56 valence electrons. The molecule has 9 heavy (non-hydrogen) atoms. The highest BCUT2D eigenvalue weighted by Gasteiger charge is 2.59. The molecule has 0 aliphatic carbocycles. The summed E-state index contributed by atoms with van der Waals surface area (Å²) in [5.74, 6) is 0. The molecule has 0 nitrogen and oxygen atoms in total. The third-order valence-corrected chi connectivity index (χ3v) is 0.852. The van der Waals surface area contributed by atoms with E-state index in [1.807, 2.05) is 0 Å². The summed E-state index contributed by atoms with van der Waals surface area (Å²) in [6.07, 6.45) is -5.80. The standard InChI is InChI=1S/C2F6S/c3-1(4,5)2(6,7)9-8. The van der Waals surface area contributed by atoms with Crippen molar-refractivity contribution in [3.05, 3.63) is 0 Å². The molecule has 0 atom stereocenters. The summed E-state index contributed by atoms with van der Waals surface area (Å²) in [6, 6.07) is 0. The molecule has 0 N–H and O–H groups in total. The lowest BCUT2D eigenvalue weighted by Crippen LogP contribution is -2.31. The van der Waals surface area contributed by atoms with Gasteiger partial charge in [0.25, 0.3) is 0 Å². The summed E-state index contributed by atoms with van der Waals surface area (Å²) in [7, 11) is 0. The molecular weight excluding hydrogens is 170 g/mol. The molecule has 0 fully saturated rings. The van der Waals surface area contributed by atoms with Crippen molar-refractivity contribution in [2.24, 2.45) is 0 Å². The van der Waals surface area contributed by atoms with E-state index in [1.54, 1.807) is 0 Å².